The van der Waals surface area contributed by atoms with Gasteiger partial charge in [0, 0.05) is 37.9 Å². The van der Waals surface area contributed by atoms with E-state index in [1.165, 1.54) is 12.8 Å². The van der Waals surface area contributed by atoms with Crippen LogP contribution in [0.3, 0.4) is 0 Å². The first kappa shape index (κ1) is 25.6. The maximum Gasteiger partial charge on any atom is 0.303 e. The number of carboxylic acids is 1. The van der Waals surface area contributed by atoms with Crippen molar-refractivity contribution >= 4 is 11.8 Å². The summed E-state index contributed by atoms with van der Waals surface area (Å²) < 4.78 is 11.8. The van der Waals surface area contributed by atoms with Crippen LogP contribution in [0.5, 0.6) is 0 Å². The maximum absolute atomic E-state index is 12.6. The highest BCUT2D eigenvalue weighted by Crippen LogP contribution is 2.35. The van der Waals surface area contributed by atoms with Crippen LogP contribution < -0.4 is 0 Å². The Balaban J connectivity index is 2.72. The molecule has 0 aliphatic heterocycles. The van der Waals surface area contributed by atoms with E-state index in [4.69, 9.17) is 14.6 Å². The molecule has 5 heteroatoms. The van der Waals surface area contributed by atoms with E-state index in [0.29, 0.717) is 32.5 Å². The van der Waals surface area contributed by atoms with E-state index in [1.54, 1.807) is 0 Å². The van der Waals surface area contributed by atoms with Crippen molar-refractivity contribution in [3.63, 3.8) is 0 Å². The fourth-order valence-corrected chi connectivity index (χ4v) is 3.92. The molecule has 1 rings (SSSR count). The van der Waals surface area contributed by atoms with Gasteiger partial charge in [0.05, 0.1) is 12.2 Å². The van der Waals surface area contributed by atoms with E-state index < -0.39 is 5.97 Å². The number of rotatable bonds is 16. The number of carbonyl (C=O) groups excluding carboxylic acids is 1. The molecule has 0 amide bonds. The Morgan fingerprint density at radius 2 is 1.97 bits per heavy atom. The van der Waals surface area contributed by atoms with Crippen LogP contribution in [0.15, 0.2) is 24.3 Å². The lowest BCUT2D eigenvalue weighted by atomic mass is 9.90. The van der Waals surface area contributed by atoms with Gasteiger partial charge in [0.25, 0.3) is 0 Å². The van der Waals surface area contributed by atoms with Gasteiger partial charge < -0.3 is 14.6 Å². The highest BCUT2D eigenvalue weighted by molar-refractivity contribution is 5.85. The van der Waals surface area contributed by atoms with E-state index in [1.807, 2.05) is 26.0 Å². The van der Waals surface area contributed by atoms with Gasteiger partial charge >= 0.3 is 5.97 Å². The van der Waals surface area contributed by atoms with Crippen LogP contribution in [0.1, 0.15) is 78.6 Å². The molecule has 0 saturated heterocycles. The first-order valence-corrected chi connectivity index (χ1v) is 11.3. The second kappa shape index (κ2) is 15.4. The lowest BCUT2D eigenvalue weighted by Gasteiger charge is -2.21. The second-order valence-corrected chi connectivity index (χ2v) is 7.72. The number of hydrogen-bond donors (Lipinski definition) is 1. The number of allylic oxidation sites excluding steroid dienone is 2. The van der Waals surface area contributed by atoms with Crippen LogP contribution in [0, 0.1) is 11.8 Å². The average Bonchev–Trinajstić information content (AvgIpc) is 2.97. The normalized spacial score (nSPS) is 23.4. The molecule has 0 radical (unpaired) electrons. The van der Waals surface area contributed by atoms with Gasteiger partial charge in [-0.25, -0.2) is 0 Å². The summed E-state index contributed by atoms with van der Waals surface area (Å²) in [5.41, 5.74) is 0. The molecule has 1 fully saturated rings. The van der Waals surface area contributed by atoms with Gasteiger partial charge in [0.1, 0.15) is 5.78 Å². The number of aliphatic carboxylic acids is 1. The smallest absolute Gasteiger partial charge is 0.303 e. The van der Waals surface area contributed by atoms with Crippen molar-refractivity contribution in [2.24, 2.45) is 11.8 Å². The van der Waals surface area contributed by atoms with Crippen LogP contribution in [0.25, 0.3) is 0 Å². The Morgan fingerprint density at radius 3 is 2.62 bits per heavy atom. The molecular weight excluding hydrogens is 368 g/mol. The number of ether oxygens (including phenoxy) is 2. The van der Waals surface area contributed by atoms with E-state index in [0.717, 1.165) is 19.3 Å². The molecule has 0 heterocycles. The molecule has 4 atom stereocenters. The highest BCUT2D eigenvalue weighted by atomic mass is 16.5. The van der Waals surface area contributed by atoms with E-state index >= 15 is 0 Å². The molecule has 0 aromatic rings. The van der Waals surface area contributed by atoms with Crippen LogP contribution in [-0.2, 0) is 19.1 Å². The number of unbranched alkanes of at least 4 members (excludes halogenated alkanes) is 3. The van der Waals surface area contributed by atoms with Gasteiger partial charge in [0.15, 0.2) is 0 Å². The topological polar surface area (TPSA) is 72.8 Å². The zero-order chi connectivity index (χ0) is 21.5. The molecule has 5 nitrogen and oxygen atoms in total. The first-order valence-electron chi connectivity index (χ1n) is 11.3. The molecule has 29 heavy (non-hydrogen) atoms. The quantitative estimate of drug-likeness (QED) is 0.276. The predicted octanol–water partition coefficient (Wildman–Crippen LogP) is 5.34. The maximum atomic E-state index is 12.6. The minimum atomic E-state index is -0.767. The SMILES string of the molecule is CCCCCC(/C=C/C1C(OCC)CC(=O)C1C/C=C/CCCC(=O)O)OCC. The highest BCUT2D eigenvalue weighted by Gasteiger charge is 2.40. The molecule has 4 unspecified atom stereocenters. The zero-order valence-corrected chi connectivity index (χ0v) is 18.5. The molecule has 1 aliphatic rings. The Bertz CT molecular complexity index is 525. The van der Waals surface area contributed by atoms with Crippen LogP contribution in [-0.4, -0.2) is 42.3 Å². The summed E-state index contributed by atoms with van der Waals surface area (Å²) in [7, 11) is 0. The summed E-state index contributed by atoms with van der Waals surface area (Å²) in [6.07, 6.45) is 15.6. The fraction of sp³-hybridized carbons (Fsp3) is 0.750. The summed E-state index contributed by atoms with van der Waals surface area (Å²) in [6.45, 7) is 7.46. The molecule has 0 bridgehead atoms. The number of carboxylic acid groups (broad SMARTS) is 1. The van der Waals surface area contributed by atoms with Crippen molar-refractivity contribution < 1.29 is 24.2 Å². The summed E-state index contributed by atoms with van der Waals surface area (Å²) >= 11 is 0. The van der Waals surface area contributed by atoms with Crippen molar-refractivity contribution in [3.05, 3.63) is 24.3 Å². The van der Waals surface area contributed by atoms with Crippen LogP contribution in [0.2, 0.25) is 0 Å². The fourth-order valence-electron chi connectivity index (χ4n) is 3.92. The minimum Gasteiger partial charge on any atom is -0.481 e. The molecule has 1 N–H and O–H groups in total. The van der Waals surface area contributed by atoms with Gasteiger partial charge in [-0.2, -0.15) is 0 Å². The average molecular weight is 409 g/mol. The zero-order valence-electron chi connectivity index (χ0n) is 18.5. The van der Waals surface area contributed by atoms with Gasteiger partial charge in [-0.3, -0.25) is 9.59 Å². The van der Waals surface area contributed by atoms with Crippen molar-refractivity contribution in [1.82, 2.24) is 0 Å². The Hall–Kier alpha value is -1.46. The third-order valence-electron chi connectivity index (χ3n) is 5.43. The number of ketones is 1. The van der Waals surface area contributed by atoms with Gasteiger partial charge in [-0.15, -0.1) is 0 Å². The largest absolute Gasteiger partial charge is 0.481 e. The number of hydrogen-bond acceptors (Lipinski definition) is 4. The molecule has 0 aromatic carbocycles. The van der Waals surface area contributed by atoms with E-state index in [-0.39, 0.29) is 36.2 Å². The number of carbonyl (C=O) groups is 2. The Labute approximate surface area is 176 Å². The summed E-state index contributed by atoms with van der Waals surface area (Å²) in [6, 6.07) is 0. The predicted molar refractivity (Wildman–Crippen MR) is 116 cm³/mol. The third-order valence-corrected chi connectivity index (χ3v) is 5.43. The van der Waals surface area contributed by atoms with Crippen LogP contribution >= 0.6 is 0 Å². The van der Waals surface area contributed by atoms with Crippen molar-refractivity contribution in [1.29, 1.82) is 0 Å². The molecule has 0 spiro atoms. The first-order chi connectivity index (χ1) is 14.0. The Morgan fingerprint density at radius 1 is 1.17 bits per heavy atom. The third kappa shape index (κ3) is 10.2. The molecular formula is C24H40O5. The molecule has 1 aliphatic carbocycles. The summed E-state index contributed by atoms with van der Waals surface area (Å²) in [5.74, 6) is -0.513. The van der Waals surface area contributed by atoms with Crippen molar-refractivity contribution in [2.75, 3.05) is 13.2 Å². The monoisotopic (exact) mass is 408 g/mol. The van der Waals surface area contributed by atoms with E-state index in [9.17, 15) is 9.59 Å². The lowest BCUT2D eigenvalue weighted by Crippen LogP contribution is -2.22. The van der Waals surface area contributed by atoms with Crippen molar-refractivity contribution in [3.8, 4) is 0 Å². The Kier molecular flexibility index (Phi) is 13.6. The summed E-state index contributed by atoms with van der Waals surface area (Å²) in [5, 5.41) is 8.70. The van der Waals surface area contributed by atoms with Gasteiger partial charge in [-0.05, 0) is 39.5 Å². The standard InChI is InChI=1S/C24H40O5/c1-4-7-10-13-19(28-5-2)16-17-21-20(22(25)18-23(21)29-6-3)14-11-8-9-12-15-24(26)27/h8,11,16-17,19-21,23H,4-7,9-10,12-15,18H2,1-3H3,(H,26,27)/b11-8+,17-16+. The van der Waals surface area contributed by atoms with Crippen LogP contribution in [0.4, 0.5) is 0 Å². The summed E-state index contributed by atoms with van der Waals surface area (Å²) in [4.78, 5) is 23.2. The second-order valence-electron chi connectivity index (χ2n) is 7.72. The minimum absolute atomic E-state index is 0.0629. The molecule has 1 saturated carbocycles. The van der Waals surface area contributed by atoms with E-state index in [2.05, 4.69) is 19.1 Å². The lowest BCUT2D eigenvalue weighted by molar-refractivity contribution is -0.137. The molecule has 0 aromatic heterocycles. The van der Waals surface area contributed by atoms with Gasteiger partial charge in [-0.1, -0.05) is 50.5 Å². The molecule has 166 valence electrons. The van der Waals surface area contributed by atoms with Gasteiger partial charge in [0.2, 0.25) is 0 Å². The van der Waals surface area contributed by atoms with Crippen molar-refractivity contribution in [2.45, 2.75) is 90.8 Å². The number of Topliss-reactive ketones (excluding diaryl/α,β-unsaturated/α-hetero) is 1.